The number of hydrogen-bond acceptors (Lipinski definition) is 6. The number of esters is 1. The molecule has 0 amide bonds. The van der Waals surface area contributed by atoms with Crippen molar-refractivity contribution in [2.45, 2.75) is 24.6 Å². The van der Waals surface area contributed by atoms with Gasteiger partial charge < -0.3 is 24.8 Å². The Morgan fingerprint density at radius 3 is 2.42 bits per heavy atom. The minimum Gasteiger partial charge on any atom is -0.431 e. The van der Waals surface area contributed by atoms with Crippen LogP contribution in [0.3, 0.4) is 0 Å². The summed E-state index contributed by atoms with van der Waals surface area (Å²) in [7, 11) is 1.21. The van der Waals surface area contributed by atoms with E-state index in [1.165, 1.54) is 7.11 Å². The summed E-state index contributed by atoms with van der Waals surface area (Å²) in [6, 6.07) is 0. The summed E-state index contributed by atoms with van der Waals surface area (Å²) in [6.45, 7) is 0. The normalized spacial score (nSPS) is 42.5. The molecule has 4 atom stereocenters. The Hall–Kier alpha value is -0.690. The third kappa shape index (κ3) is 1.42. The molecule has 0 aromatic rings. The number of rotatable bonds is 1. The molecule has 1 fully saturated rings. The molecule has 1 aliphatic heterocycles. The van der Waals surface area contributed by atoms with E-state index < -0.39 is 30.6 Å². The Kier molecular flexibility index (Phi) is 2.63. The molecule has 6 heteroatoms. The van der Waals surface area contributed by atoms with E-state index >= 15 is 0 Å². The number of methoxy groups -OCH3 is 1. The van der Waals surface area contributed by atoms with Gasteiger partial charge in [0.2, 0.25) is 6.29 Å². The lowest BCUT2D eigenvalue weighted by atomic mass is 10.1. The second-order valence-electron chi connectivity index (χ2n) is 2.47. The van der Waals surface area contributed by atoms with Crippen LogP contribution in [0.4, 0.5) is 0 Å². The van der Waals surface area contributed by atoms with Gasteiger partial charge in [0, 0.05) is 7.11 Å². The largest absolute Gasteiger partial charge is 0.431 e. The van der Waals surface area contributed by atoms with Gasteiger partial charge in [-0.1, -0.05) is 0 Å². The van der Waals surface area contributed by atoms with Crippen LogP contribution in [-0.2, 0) is 14.3 Å². The molecule has 0 radical (unpaired) electrons. The first-order valence-electron chi connectivity index (χ1n) is 3.35. The maximum absolute atomic E-state index is 10.7. The number of carbonyl (C=O) groups excluding carboxylic acids is 1. The van der Waals surface area contributed by atoms with Gasteiger partial charge >= 0.3 is 5.97 Å². The van der Waals surface area contributed by atoms with E-state index in [1.54, 1.807) is 0 Å². The summed E-state index contributed by atoms with van der Waals surface area (Å²) in [5, 5.41) is 27.0. The van der Waals surface area contributed by atoms with E-state index in [-0.39, 0.29) is 0 Å². The van der Waals surface area contributed by atoms with Crippen LogP contribution in [0, 0.1) is 0 Å². The van der Waals surface area contributed by atoms with Crippen LogP contribution in [0.15, 0.2) is 0 Å². The first-order chi connectivity index (χ1) is 5.57. The van der Waals surface area contributed by atoms with Crippen molar-refractivity contribution >= 4 is 5.97 Å². The van der Waals surface area contributed by atoms with Gasteiger partial charge in [-0.15, -0.1) is 0 Å². The van der Waals surface area contributed by atoms with Crippen molar-refractivity contribution in [3.05, 3.63) is 0 Å². The molecule has 0 saturated carbocycles. The fourth-order valence-corrected chi connectivity index (χ4v) is 0.929. The average molecular weight is 178 g/mol. The Bertz CT molecular complexity index is 179. The molecule has 0 aromatic heterocycles. The van der Waals surface area contributed by atoms with Crippen LogP contribution >= 0.6 is 0 Å². The van der Waals surface area contributed by atoms with E-state index in [4.69, 9.17) is 15.3 Å². The smallest absolute Gasteiger partial charge is 0.340 e. The fourth-order valence-electron chi connectivity index (χ4n) is 0.929. The van der Waals surface area contributed by atoms with Gasteiger partial charge in [-0.05, 0) is 0 Å². The second kappa shape index (κ2) is 3.36. The molecule has 0 bridgehead atoms. The highest BCUT2D eigenvalue weighted by atomic mass is 16.7. The number of hydrogen-bond donors (Lipinski definition) is 3. The van der Waals surface area contributed by atoms with Crippen molar-refractivity contribution in [2.24, 2.45) is 0 Å². The summed E-state index contributed by atoms with van der Waals surface area (Å²) in [6.07, 6.45) is -5.89. The van der Waals surface area contributed by atoms with Gasteiger partial charge in [0.05, 0.1) is 0 Å². The molecule has 0 aliphatic carbocycles. The van der Waals surface area contributed by atoms with Crippen molar-refractivity contribution in [3.8, 4) is 0 Å². The molecule has 1 saturated heterocycles. The van der Waals surface area contributed by atoms with Gasteiger partial charge in [-0.3, -0.25) is 0 Å². The number of aliphatic hydroxyl groups is 3. The molecule has 1 rings (SSSR count). The van der Waals surface area contributed by atoms with E-state index in [9.17, 15) is 4.79 Å². The molecular formula is C6H10O6. The SMILES string of the molecule is CO[C@H]1OC(=O)[C@H](O)[C@@H](O)[C@@H]1O. The van der Waals surface area contributed by atoms with E-state index in [1.807, 2.05) is 0 Å². The summed E-state index contributed by atoms with van der Waals surface area (Å²) < 4.78 is 8.94. The van der Waals surface area contributed by atoms with Crippen LogP contribution in [0.2, 0.25) is 0 Å². The Morgan fingerprint density at radius 2 is 1.92 bits per heavy atom. The van der Waals surface area contributed by atoms with Crippen LogP contribution in [-0.4, -0.2) is 53.0 Å². The lowest BCUT2D eigenvalue weighted by Crippen LogP contribution is -2.56. The Morgan fingerprint density at radius 1 is 1.33 bits per heavy atom. The van der Waals surface area contributed by atoms with Crippen LogP contribution in [0.25, 0.3) is 0 Å². The average Bonchev–Trinajstić information content (AvgIpc) is 2.08. The van der Waals surface area contributed by atoms with Crippen LogP contribution in [0.1, 0.15) is 0 Å². The predicted octanol–water partition coefficient (Wildman–Crippen LogP) is -2.40. The Labute approximate surface area is 68.3 Å². The molecule has 6 nitrogen and oxygen atoms in total. The number of aliphatic hydroxyl groups excluding tert-OH is 3. The number of cyclic esters (lactones) is 1. The topological polar surface area (TPSA) is 96.2 Å². The number of carbonyl (C=O) groups is 1. The van der Waals surface area contributed by atoms with Crippen molar-refractivity contribution in [2.75, 3.05) is 7.11 Å². The van der Waals surface area contributed by atoms with Crippen molar-refractivity contribution < 1.29 is 29.6 Å². The minimum atomic E-state index is -1.70. The van der Waals surface area contributed by atoms with Crippen molar-refractivity contribution in [1.82, 2.24) is 0 Å². The Balaban J connectivity index is 2.70. The monoisotopic (exact) mass is 178 g/mol. The molecule has 1 heterocycles. The third-order valence-electron chi connectivity index (χ3n) is 1.66. The van der Waals surface area contributed by atoms with Crippen molar-refractivity contribution in [3.63, 3.8) is 0 Å². The van der Waals surface area contributed by atoms with Gasteiger partial charge in [0.25, 0.3) is 0 Å². The fraction of sp³-hybridized carbons (Fsp3) is 0.833. The molecule has 1 aliphatic rings. The van der Waals surface area contributed by atoms with Crippen LogP contribution < -0.4 is 0 Å². The van der Waals surface area contributed by atoms with Gasteiger partial charge in [0.15, 0.2) is 6.10 Å². The molecule has 0 spiro atoms. The zero-order valence-electron chi connectivity index (χ0n) is 6.38. The molecule has 70 valence electrons. The summed E-state index contributed by atoms with van der Waals surface area (Å²) >= 11 is 0. The molecule has 0 aromatic carbocycles. The van der Waals surface area contributed by atoms with E-state index in [0.29, 0.717) is 0 Å². The predicted molar refractivity (Wildman–Crippen MR) is 34.9 cm³/mol. The molecule has 12 heavy (non-hydrogen) atoms. The highest BCUT2D eigenvalue weighted by Crippen LogP contribution is 2.16. The van der Waals surface area contributed by atoms with Crippen LogP contribution in [0.5, 0.6) is 0 Å². The zero-order valence-corrected chi connectivity index (χ0v) is 6.38. The lowest BCUT2D eigenvalue weighted by molar-refractivity contribution is -0.249. The highest BCUT2D eigenvalue weighted by molar-refractivity contribution is 5.76. The van der Waals surface area contributed by atoms with Crippen molar-refractivity contribution in [1.29, 1.82) is 0 Å². The molecule has 3 N–H and O–H groups in total. The highest BCUT2D eigenvalue weighted by Gasteiger charge is 2.43. The standard InChI is InChI=1S/C6H10O6/c1-11-6-4(9)2(7)3(8)5(10)12-6/h2-4,6-9H,1H3/t2-,3-,4+,6+/m1/s1. The summed E-state index contributed by atoms with van der Waals surface area (Å²) in [5.74, 6) is -1.00. The quantitative estimate of drug-likeness (QED) is 0.387. The second-order valence-corrected chi connectivity index (χ2v) is 2.47. The third-order valence-corrected chi connectivity index (χ3v) is 1.66. The maximum Gasteiger partial charge on any atom is 0.340 e. The first kappa shape index (κ1) is 9.40. The van der Waals surface area contributed by atoms with Gasteiger partial charge in [0.1, 0.15) is 12.2 Å². The number of ether oxygens (including phenoxy) is 2. The molecule has 0 unspecified atom stereocenters. The maximum atomic E-state index is 10.7. The van der Waals surface area contributed by atoms with E-state index in [0.717, 1.165) is 0 Å². The lowest BCUT2D eigenvalue weighted by Gasteiger charge is -2.32. The molecular weight excluding hydrogens is 168 g/mol. The first-order valence-corrected chi connectivity index (χ1v) is 3.35. The van der Waals surface area contributed by atoms with Gasteiger partial charge in [-0.2, -0.15) is 0 Å². The minimum absolute atomic E-state index is 1.00. The van der Waals surface area contributed by atoms with E-state index in [2.05, 4.69) is 9.47 Å². The van der Waals surface area contributed by atoms with Gasteiger partial charge in [-0.25, -0.2) is 4.79 Å². The summed E-state index contributed by atoms with van der Waals surface area (Å²) in [5.41, 5.74) is 0. The zero-order chi connectivity index (χ0) is 9.30. The summed E-state index contributed by atoms with van der Waals surface area (Å²) in [4.78, 5) is 10.7.